The van der Waals surface area contributed by atoms with E-state index < -0.39 is 0 Å². The number of nitrogens with two attached hydrogens (primary N) is 1. The van der Waals surface area contributed by atoms with E-state index in [1.807, 2.05) is 11.0 Å². The van der Waals surface area contributed by atoms with Crippen LogP contribution in [-0.2, 0) is 11.2 Å². The van der Waals surface area contributed by atoms with Gasteiger partial charge >= 0.3 is 0 Å². The molecule has 0 spiro atoms. The van der Waals surface area contributed by atoms with Crippen LogP contribution >= 0.6 is 0 Å². The Morgan fingerprint density at radius 3 is 2.91 bits per heavy atom. The van der Waals surface area contributed by atoms with E-state index in [1.165, 1.54) is 6.07 Å². The molecule has 3 nitrogen and oxygen atoms in total. The van der Waals surface area contributed by atoms with Gasteiger partial charge in [-0.25, -0.2) is 4.39 Å². The first-order valence-corrected chi connectivity index (χ1v) is 8.44. The molecular formula is C18H25FN2O. The lowest BCUT2D eigenvalue weighted by Crippen LogP contribution is -2.43. The van der Waals surface area contributed by atoms with Gasteiger partial charge in [-0.1, -0.05) is 18.6 Å². The van der Waals surface area contributed by atoms with Gasteiger partial charge in [0.1, 0.15) is 5.82 Å². The Kier molecular flexibility index (Phi) is 4.77. The molecule has 1 aromatic rings. The van der Waals surface area contributed by atoms with E-state index >= 15 is 0 Å². The van der Waals surface area contributed by atoms with Crippen LogP contribution < -0.4 is 5.73 Å². The van der Waals surface area contributed by atoms with Crippen molar-refractivity contribution in [1.29, 1.82) is 0 Å². The molecule has 1 amide bonds. The minimum absolute atomic E-state index is 0.0943. The highest BCUT2D eigenvalue weighted by molar-refractivity contribution is 5.79. The molecule has 0 bridgehead atoms. The molecule has 3 atom stereocenters. The lowest BCUT2D eigenvalue weighted by Gasteiger charge is -2.32. The van der Waals surface area contributed by atoms with E-state index in [0.717, 1.165) is 57.1 Å². The fraction of sp³-hybridized carbons (Fsp3) is 0.611. The summed E-state index contributed by atoms with van der Waals surface area (Å²) in [4.78, 5) is 14.8. The molecule has 2 fully saturated rings. The number of amides is 1. The molecule has 0 aromatic heterocycles. The highest BCUT2D eigenvalue weighted by Gasteiger charge is 2.34. The second-order valence-electron chi connectivity index (χ2n) is 6.79. The zero-order valence-corrected chi connectivity index (χ0v) is 13.0. The van der Waals surface area contributed by atoms with Gasteiger partial charge in [0.05, 0.1) is 0 Å². The van der Waals surface area contributed by atoms with Crippen LogP contribution in [-0.4, -0.2) is 29.4 Å². The number of hydrogen-bond acceptors (Lipinski definition) is 2. The third-order valence-corrected chi connectivity index (χ3v) is 5.08. The Labute approximate surface area is 131 Å². The minimum Gasteiger partial charge on any atom is -0.339 e. The topological polar surface area (TPSA) is 46.3 Å². The molecule has 0 unspecified atom stereocenters. The zero-order chi connectivity index (χ0) is 15.5. The largest absolute Gasteiger partial charge is 0.339 e. The maximum absolute atomic E-state index is 13.3. The monoisotopic (exact) mass is 304 g/mol. The van der Waals surface area contributed by atoms with Crippen molar-refractivity contribution in [2.45, 2.75) is 57.0 Å². The molecule has 22 heavy (non-hydrogen) atoms. The van der Waals surface area contributed by atoms with E-state index in [9.17, 15) is 9.18 Å². The molecule has 1 saturated carbocycles. The van der Waals surface area contributed by atoms with E-state index in [0.29, 0.717) is 0 Å². The van der Waals surface area contributed by atoms with Crippen LogP contribution in [0.2, 0.25) is 0 Å². The quantitative estimate of drug-likeness (QED) is 0.933. The van der Waals surface area contributed by atoms with Gasteiger partial charge in [0.2, 0.25) is 5.91 Å². The summed E-state index contributed by atoms with van der Waals surface area (Å²) < 4.78 is 13.3. The molecular weight excluding hydrogens is 279 g/mol. The summed E-state index contributed by atoms with van der Waals surface area (Å²) in [7, 11) is 0. The molecule has 3 rings (SSSR count). The number of rotatable bonds is 3. The van der Waals surface area contributed by atoms with Gasteiger partial charge in [0.25, 0.3) is 0 Å². The van der Waals surface area contributed by atoms with Gasteiger partial charge in [-0.05, 0) is 56.2 Å². The summed E-state index contributed by atoms with van der Waals surface area (Å²) in [6.07, 6.45) is 6.70. The molecule has 2 aliphatic rings. The van der Waals surface area contributed by atoms with Crippen molar-refractivity contribution >= 4 is 5.91 Å². The van der Waals surface area contributed by atoms with Crippen molar-refractivity contribution in [3.05, 3.63) is 35.6 Å². The summed E-state index contributed by atoms with van der Waals surface area (Å²) in [5, 5.41) is 0. The molecule has 1 heterocycles. The first kappa shape index (κ1) is 15.5. The van der Waals surface area contributed by atoms with Crippen LogP contribution in [0.4, 0.5) is 4.39 Å². The molecule has 1 aliphatic carbocycles. The first-order valence-electron chi connectivity index (χ1n) is 8.44. The van der Waals surface area contributed by atoms with Gasteiger partial charge in [0.15, 0.2) is 0 Å². The summed E-state index contributed by atoms with van der Waals surface area (Å²) >= 11 is 0. The van der Waals surface area contributed by atoms with Crippen molar-refractivity contribution in [1.82, 2.24) is 4.90 Å². The second kappa shape index (κ2) is 6.78. The van der Waals surface area contributed by atoms with Crippen molar-refractivity contribution < 1.29 is 9.18 Å². The molecule has 0 radical (unpaired) electrons. The third-order valence-electron chi connectivity index (χ3n) is 5.08. The second-order valence-corrected chi connectivity index (χ2v) is 6.79. The number of nitrogens with zero attached hydrogens (tertiary/aromatic N) is 1. The number of carbonyl (C=O) groups is 1. The van der Waals surface area contributed by atoms with Crippen LogP contribution in [0, 0.1) is 11.7 Å². The van der Waals surface area contributed by atoms with Gasteiger partial charge in [-0.3, -0.25) is 4.79 Å². The van der Waals surface area contributed by atoms with E-state index in [2.05, 4.69) is 0 Å². The van der Waals surface area contributed by atoms with E-state index in [1.54, 1.807) is 12.1 Å². The predicted octanol–water partition coefficient (Wildman–Crippen LogP) is 2.88. The van der Waals surface area contributed by atoms with Crippen LogP contribution in [0.3, 0.4) is 0 Å². The highest BCUT2D eigenvalue weighted by Crippen LogP contribution is 2.29. The number of carbonyl (C=O) groups excluding carboxylic acids is 1. The lowest BCUT2D eigenvalue weighted by atomic mass is 9.85. The fourth-order valence-electron chi connectivity index (χ4n) is 3.96. The average molecular weight is 304 g/mol. The smallest absolute Gasteiger partial charge is 0.225 e. The van der Waals surface area contributed by atoms with Crippen molar-refractivity contribution in [3.63, 3.8) is 0 Å². The summed E-state index contributed by atoms with van der Waals surface area (Å²) in [5.41, 5.74) is 7.00. The van der Waals surface area contributed by atoms with Gasteiger partial charge < -0.3 is 10.6 Å². The summed E-state index contributed by atoms with van der Waals surface area (Å²) in [6, 6.07) is 7.12. The van der Waals surface area contributed by atoms with Crippen LogP contribution in [0.1, 0.15) is 44.1 Å². The first-order chi connectivity index (χ1) is 10.6. The van der Waals surface area contributed by atoms with E-state index in [-0.39, 0.29) is 29.7 Å². The minimum atomic E-state index is -0.202. The lowest BCUT2D eigenvalue weighted by molar-refractivity contribution is -0.137. The Bertz CT molecular complexity index is 534. The Morgan fingerprint density at radius 1 is 1.27 bits per heavy atom. The molecule has 120 valence electrons. The van der Waals surface area contributed by atoms with Crippen LogP contribution in [0.5, 0.6) is 0 Å². The number of benzene rings is 1. The van der Waals surface area contributed by atoms with Crippen LogP contribution in [0.15, 0.2) is 24.3 Å². The highest BCUT2D eigenvalue weighted by atomic mass is 19.1. The molecule has 1 aromatic carbocycles. The van der Waals surface area contributed by atoms with Gasteiger partial charge in [-0.2, -0.15) is 0 Å². The number of hydrogen-bond donors (Lipinski definition) is 1. The maximum atomic E-state index is 13.3. The molecule has 2 N–H and O–H groups in total. The molecule has 1 aliphatic heterocycles. The normalized spacial score (nSPS) is 28.8. The number of halogens is 1. The Hall–Kier alpha value is -1.42. The SMILES string of the molecule is N[C@@H]1CCC[C@H](C(=O)N2CCC[C@H]2Cc2cccc(F)c2)C1. The van der Waals surface area contributed by atoms with Crippen molar-refractivity contribution in [2.75, 3.05) is 6.54 Å². The van der Waals surface area contributed by atoms with Gasteiger partial charge in [0, 0.05) is 24.5 Å². The fourth-order valence-corrected chi connectivity index (χ4v) is 3.96. The third kappa shape index (κ3) is 3.49. The van der Waals surface area contributed by atoms with Crippen LogP contribution in [0.25, 0.3) is 0 Å². The summed E-state index contributed by atoms with van der Waals surface area (Å²) in [5.74, 6) is 0.164. The van der Waals surface area contributed by atoms with Crippen molar-refractivity contribution in [3.8, 4) is 0 Å². The Morgan fingerprint density at radius 2 is 2.14 bits per heavy atom. The standard InChI is InChI=1S/C18H25FN2O/c19-15-6-1-4-13(10-15)11-17-8-3-9-21(17)18(22)14-5-2-7-16(20)12-14/h1,4,6,10,14,16-17H,2-3,5,7-9,11-12,20H2/t14-,16+,17-/m0/s1. The summed E-state index contributed by atoms with van der Waals surface area (Å²) in [6.45, 7) is 0.838. The zero-order valence-electron chi connectivity index (χ0n) is 13.0. The van der Waals surface area contributed by atoms with Gasteiger partial charge in [-0.15, -0.1) is 0 Å². The van der Waals surface area contributed by atoms with E-state index in [4.69, 9.17) is 5.73 Å². The average Bonchev–Trinajstić information content (AvgIpc) is 2.94. The molecule has 1 saturated heterocycles. The molecule has 4 heteroatoms. The Balaban J connectivity index is 1.66. The maximum Gasteiger partial charge on any atom is 0.225 e. The number of likely N-dealkylation sites (tertiary alicyclic amines) is 1. The van der Waals surface area contributed by atoms with Crippen molar-refractivity contribution in [2.24, 2.45) is 11.7 Å². The predicted molar refractivity (Wildman–Crippen MR) is 84.8 cm³/mol.